The van der Waals surface area contributed by atoms with E-state index >= 15 is 0 Å². The minimum atomic E-state index is -0.0781. The standard InChI is InChI=1S/C17H27N7O2.ClH/c1-3-5-13-19-15(26-23-13)7-4-6-14(25)20-17-21-16(22-24(17)2)12-8-10-18-11-9-12;/h12,18H,3-11H2,1-2H3,(H,20,21,22,25);1H. The smallest absolute Gasteiger partial charge is 0.227 e. The summed E-state index contributed by atoms with van der Waals surface area (Å²) in [6.45, 7) is 4.05. The van der Waals surface area contributed by atoms with Gasteiger partial charge in [0.1, 0.15) is 0 Å². The molecule has 10 heteroatoms. The van der Waals surface area contributed by atoms with Crippen LogP contribution in [0.15, 0.2) is 4.52 Å². The van der Waals surface area contributed by atoms with Gasteiger partial charge in [-0.3, -0.25) is 10.1 Å². The van der Waals surface area contributed by atoms with Crippen molar-refractivity contribution in [3.63, 3.8) is 0 Å². The molecule has 1 amide bonds. The van der Waals surface area contributed by atoms with Gasteiger partial charge in [0, 0.05) is 32.2 Å². The Morgan fingerprint density at radius 3 is 2.81 bits per heavy atom. The first-order valence-corrected chi connectivity index (χ1v) is 9.38. The van der Waals surface area contributed by atoms with Crippen LogP contribution < -0.4 is 10.6 Å². The lowest BCUT2D eigenvalue weighted by Gasteiger charge is -2.19. The third-order valence-electron chi connectivity index (χ3n) is 4.51. The molecule has 3 rings (SSSR count). The first-order chi connectivity index (χ1) is 12.7. The molecule has 3 heterocycles. The van der Waals surface area contributed by atoms with Crippen molar-refractivity contribution >= 4 is 24.3 Å². The molecule has 0 saturated carbocycles. The van der Waals surface area contributed by atoms with E-state index in [2.05, 4.69) is 37.8 Å². The van der Waals surface area contributed by atoms with E-state index in [1.165, 1.54) is 0 Å². The largest absolute Gasteiger partial charge is 0.339 e. The fraction of sp³-hybridized carbons (Fsp3) is 0.706. The van der Waals surface area contributed by atoms with Crippen LogP contribution in [-0.2, 0) is 24.7 Å². The molecule has 1 aliphatic rings. The molecule has 27 heavy (non-hydrogen) atoms. The Labute approximate surface area is 165 Å². The topological polar surface area (TPSA) is 111 Å². The van der Waals surface area contributed by atoms with Crippen LogP contribution in [0.5, 0.6) is 0 Å². The Bertz CT molecular complexity index is 725. The maximum absolute atomic E-state index is 12.2. The highest BCUT2D eigenvalue weighted by molar-refractivity contribution is 5.88. The summed E-state index contributed by atoms with van der Waals surface area (Å²) in [7, 11) is 1.81. The highest BCUT2D eigenvalue weighted by Gasteiger charge is 2.21. The van der Waals surface area contributed by atoms with Gasteiger partial charge < -0.3 is 9.84 Å². The summed E-state index contributed by atoms with van der Waals surface area (Å²) in [5.41, 5.74) is 0. The number of halogens is 1. The molecular weight excluding hydrogens is 370 g/mol. The van der Waals surface area contributed by atoms with Crippen molar-refractivity contribution in [2.24, 2.45) is 7.05 Å². The van der Waals surface area contributed by atoms with Gasteiger partial charge in [-0.15, -0.1) is 12.4 Å². The Morgan fingerprint density at radius 1 is 1.30 bits per heavy atom. The van der Waals surface area contributed by atoms with Crippen molar-refractivity contribution in [3.05, 3.63) is 17.5 Å². The number of amides is 1. The Balaban J connectivity index is 0.00000261. The lowest BCUT2D eigenvalue weighted by atomic mass is 9.98. The number of piperidine rings is 1. The molecular formula is C17H28ClN7O2. The van der Waals surface area contributed by atoms with Gasteiger partial charge in [0.2, 0.25) is 17.7 Å². The predicted octanol–water partition coefficient (Wildman–Crippen LogP) is 2.00. The van der Waals surface area contributed by atoms with Gasteiger partial charge in [-0.2, -0.15) is 15.1 Å². The first kappa shape index (κ1) is 21.3. The zero-order valence-electron chi connectivity index (χ0n) is 15.9. The zero-order valence-corrected chi connectivity index (χ0v) is 16.7. The van der Waals surface area contributed by atoms with Crippen LogP contribution in [0.1, 0.15) is 62.5 Å². The number of hydrogen-bond donors (Lipinski definition) is 2. The first-order valence-electron chi connectivity index (χ1n) is 9.38. The number of nitrogens with zero attached hydrogens (tertiary/aromatic N) is 5. The minimum absolute atomic E-state index is 0. The SMILES string of the molecule is CCCc1noc(CCCC(=O)Nc2nc(C3CCNCC3)nn2C)n1.Cl. The van der Waals surface area contributed by atoms with E-state index in [1.807, 2.05) is 0 Å². The summed E-state index contributed by atoms with van der Waals surface area (Å²) in [5.74, 6) is 2.93. The van der Waals surface area contributed by atoms with Crippen LogP contribution >= 0.6 is 12.4 Å². The molecule has 0 bridgehead atoms. The van der Waals surface area contributed by atoms with Crippen molar-refractivity contribution in [1.82, 2.24) is 30.2 Å². The highest BCUT2D eigenvalue weighted by Crippen LogP contribution is 2.23. The van der Waals surface area contributed by atoms with E-state index in [1.54, 1.807) is 11.7 Å². The number of rotatable bonds is 8. The Morgan fingerprint density at radius 2 is 2.07 bits per heavy atom. The van der Waals surface area contributed by atoms with Gasteiger partial charge in [0.25, 0.3) is 0 Å². The summed E-state index contributed by atoms with van der Waals surface area (Å²) < 4.78 is 6.83. The molecule has 0 spiro atoms. The molecule has 0 aromatic carbocycles. The van der Waals surface area contributed by atoms with Crippen LogP contribution in [-0.4, -0.2) is 43.9 Å². The number of carbonyl (C=O) groups excluding carboxylic acids is 1. The van der Waals surface area contributed by atoms with Gasteiger partial charge in [0.15, 0.2) is 11.6 Å². The minimum Gasteiger partial charge on any atom is -0.339 e. The fourth-order valence-corrected chi connectivity index (χ4v) is 3.07. The monoisotopic (exact) mass is 397 g/mol. The number of nitrogens with one attached hydrogen (secondary N) is 2. The third-order valence-corrected chi connectivity index (χ3v) is 4.51. The molecule has 0 aliphatic carbocycles. The zero-order chi connectivity index (χ0) is 18.4. The lowest BCUT2D eigenvalue weighted by Crippen LogP contribution is -2.27. The van der Waals surface area contributed by atoms with Crippen molar-refractivity contribution in [1.29, 1.82) is 0 Å². The lowest BCUT2D eigenvalue weighted by molar-refractivity contribution is -0.116. The summed E-state index contributed by atoms with van der Waals surface area (Å²) in [5, 5.41) is 14.6. The van der Waals surface area contributed by atoms with Gasteiger partial charge in [-0.25, -0.2) is 4.68 Å². The molecule has 0 atom stereocenters. The molecule has 2 aromatic rings. The van der Waals surface area contributed by atoms with E-state index in [4.69, 9.17) is 4.52 Å². The highest BCUT2D eigenvalue weighted by atomic mass is 35.5. The Kier molecular flexibility index (Phi) is 8.18. The number of hydrogen-bond acceptors (Lipinski definition) is 7. The maximum Gasteiger partial charge on any atom is 0.227 e. The number of aryl methyl sites for hydroxylation is 3. The van der Waals surface area contributed by atoms with Crippen molar-refractivity contribution in [2.75, 3.05) is 18.4 Å². The quantitative estimate of drug-likeness (QED) is 0.700. The van der Waals surface area contributed by atoms with Crippen molar-refractivity contribution in [3.8, 4) is 0 Å². The second kappa shape index (κ2) is 10.4. The molecule has 2 aromatic heterocycles. The number of aromatic nitrogens is 5. The maximum atomic E-state index is 12.2. The molecule has 1 fully saturated rings. The van der Waals surface area contributed by atoms with Crippen LogP contribution in [0.2, 0.25) is 0 Å². The van der Waals surface area contributed by atoms with Gasteiger partial charge in [0.05, 0.1) is 0 Å². The van der Waals surface area contributed by atoms with Crippen LogP contribution in [0, 0.1) is 0 Å². The van der Waals surface area contributed by atoms with Crippen molar-refractivity contribution in [2.45, 2.75) is 57.8 Å². The van der Waals surface area contributed by atoms with Gasteiger partial charge in [-0.05, 0) is 38.8 Å². The van der Waals surface area contributed by atoms with Crippen LogP contribution in [0.25, 0.3) is 0 Å². The summed E-state index contributed by atoms with van der Waals surface area (Å²) in [6.07, 6.45) is 5.49. The summed E-state index contributed by atoms with van der Waals surface area (Å²) >= 11 is 0. The normalized spacial score (nSPS) is 14.7. The molecule has 1 saturated heterocycles. The predicted molar refractivity (Wildman–Crippen MR) is 103 cm³/mol. The third kappa shape index (κ3) is 6.00. The number of anilines is 1. The van der Waals surface area contributed by atoms with E-state index in [9.17, 15) is 4.79 Å². The van der Waals surface area contributed by atoms with Crippen molar-refractivity contribution < 1.29 is 9.32 Å². The van der Waals surface area contributed by atoms with E-state index in [0.717, 1.165) is 50.4 Å². The molecule has 9 nitrogen and oxygen atoms in total. The summed E-state index contributed by atoms with van der Waals surface area (Å²) in [6, 6.07) is 0. The second-order valence-corrected chi connectivity index (χ2v) is 6.70. The molecule has 0 unspecified atom stereocenters. The fourth-order valence-electron chi connectivity index (χ4n) is 3.07. The average molecular weight is 398 g/mol. The van der Waals surface area contributed by atoms with E-state index < -0.39 is 0 Å². The molecule has 0 radical (unpaired) electrons. The van der Waals surface area contributed by atoms with Crippen LogP contribution in [0.3, 0.4) is 0 Å². The molecule has 2 N–H and O–H groups in total. The van der Waals surface area contributed by atoms with Crippen LogP contribution in [0.4, 0.5) is 5.95 Å². The van der Waals surface area contributed by atoms with Gasteiger partial charge >= 0.3 is 0 Å². The average Bonchev–Trinajstić information content (AvgIpc) is 3.23. The molecule has 150 valence electrons. The second-order valence-electron chi connectivity index (χ2n) is 6.70. The van der Waals surface area contributed by atoms with Gasteiger partial charge in [-0.1, -0.05) is 12.1 Å². The van der Waals surface area contributed by atoms with E-state index in [-0.39, 0.29) is 18.3 Å². The van der Waals surface area contributed by atoms with E-state index in [0.29, 0.717) is 37.0 Å². The summed E-state index contributed by atoms with van der Waals surface area (Å²) in [4.78, 5) is 21.0. The Hall–Kier alpha value is -2.00. The number of carbonyl (C=O) groups is 1. The molecule has 1 aliphatic heterocycles.